The predicted octanol–water partition coefficient (Wildman–Crippen LogP) is 10.5. The number of benzene rings is 2. The van der Waals surface area contributed by atoms with Crippen LogP contribution in [0.1, 0.15) is 155 Å². The maximum Gasteiger partial charge on any atom is 0.410 e. The van der Waals surface area contributed by atoms with E-state index in [-0.39, 0.29) is 23.1 Å². The number of nitrogens with one attached hydrogen (secondary N) is 1. The minimum Gasteiger partial charge on any atom is -0.481 e. The summed E-state index contributed by atoms with van der Waals surface area (Å²) in [5, 5.41) is 14.7. The molecule has 2 heterocycles. The number of aliphatic carboxylic acids is 1. The summed E-state index contributed by atoms with van der Waals surface area (Å²) in [6.07, 6.45) is 10.4. The van der Waals surface area contributed by atoms with E-state index in [1.807, 2.05) is 70.7 Å². The molecule has 0 unspecified atom stereocenters. The Morgan fingerprint density at radius 1 is 0.672 bits per heavy atom. The lowest BCUT2D eigenvalue weighted by Gasteiger charge is -2.45. The Morgan fingerprint density at radius 3 is 1.51 bits per heavy atom. The Labute approximate surface area is 376 Å². The Bertz CT molecular complexity index is 1850. The zero-order chi connectivity index (χ0) is 45.0. The lowest BCUT2D eigenvalue weighted by molar-refractivity contribution is -0.162. The van der Waals surface area contributed by atoms with Gasteiger partial charge in [-0.05, 0) is 168 Å². The van der Waals surface area contributed by atoms with Crippen LogP contribution in [-0.4, -0.2) is 100 Å². The number of rotatable bonds is 10. The third-order valence-electron chi connectivity index (χ3n) is 14.1. The van der Waals surface area contributed by atoms with E-state index in [0.717, 1.165) is 106 Å². The minimum atomic E-state index is -0.816. The average molecular weight is 886 g/mol. The number of hydrogen-bond donors (Lipinski definition) is 2. The number of hydrogen-bond acceptors (Lipinski definition) is 8. The van der Waals surface area contributed by atoms with Crippen molar-refractivity contribution in [3.63, 3.8) is 0 Å². The highest BCUT2D eigenvalue weighted by atomic mass is 35.5. The normalized spacial score (nSPS) is 20.9. The Kier molecular flexibility index (Phi) is 15.7. The van der Waals surface area contributed by atoms with E-state index in [1.54, 1.807) is 0 Å². The van der Waals surface area contributed by atoms with Gasteiger partial charge in [-0.2, -0.15) is 0 Å². The summed E-state index contributed by atoms with van der Waals surface area (Å²) in [6.45, 7) is 20.8. The third-order valence-corrected chi connectivity index (χ3v) is 14.7. The van der Waals surface area contributed by atoms with E-state index in [9.17, 15) is 19.5 Å². The fraction of sp³-hybridized carbons (Fsp3) is 0.694. The van der Waals surface area contributed by atoms with E-state index < -0.39 is 28.0 Å². The first-order valence-corrected chi connectivity index (χ1v) is 23.3. The molecule has 2 saturated carbocycles. The number of nitrogens with zero attached hydrogens (tertiary/aromatic N) is 3. The van der Waals surface area contributed by atoms with Gasteiger partial charge in [0.25, 0.3) is 0 Å². The molecule has 2 aromatic rings. The first kappa shape index (κ1) is 49.1. The van der Waals surface area contributed by atoms with Crippen molar-refractivity contribution in [3.8, 4) is 0 Å². The van der Waals surface area contributed by atoms with Crippen LogP contribution in [0.5, 0.6) is 0 Å². The van der Waals surface area contributed by atoms with E-state index in [0.29, 0.717) is 42.5 Å². The number of amides is 1. The number of piperidine rings is 2. The van der Waals surface area contributed by atoms with E-state index in [2.05, 4.69) is 55.2 Å². The average Bonchev–Trinajstić information content (AvgIpc) is 3.87. The summed E-state index contributed by atoms with van der Waals surface area (Å²) < 4.78 is 11.5. The summed E-state index contributed by atoms with van der Waals surface area (Å²) >= 11 is 13.4. The fourth-order valence-electron chi connectivity index (χ4n) is 10.1. The lowest BCUT2D eigenvalue weighted by atomic mass is 9.76. The van der Waals surface area contributed by atoms with Gasteiger partial charge in [-0.1, -0.05) is 73.2 Å². The van der Waals surface area contributed by atoms with Gasteiger partial charge in [0, 0.05) is 47.3 Å². The van der Waals surface area contributed by atoms with E-state index in [4.69, 9.17) is 32.7 Å². The molecule has 1 amide bonds. The quantitative estimate of drug-likeness (QED) is 0.225. The molecule has 340 valence electrons. The van der Waals surface area contributed by atoms with Crippen molar-refractivity contribution in [1.82, 2.24) is 20.0 Å². The molecule has 2 N–H and O–H groups in total. The number of likely N-dealkylation sites (tertiary alicyclic amines) is 1. The molecule has 0 aromatic heterocycles. The van der Waals surface area contributed by atoms with E-state index in [1.165, 1.54) is 0 Å². The second-order valence-corrected chi connectivity index (χ2v) is 21.7. The van der Waals surface area contributed by atoms with Crippen LogP contribution in [0.2, 0.25) is 10.0 Å². The molecule has 12 heteroatoms. The van der Waals surface area contributed by atoms with Crippen molar-refractivity contribution in [2.45, 2.75) is 179 Å². The third kappa shape index (κ3) is 11.4. The first-order chi connectivity index (χ1) is 28.5. The van der Waals surface area contributed by atoms with Gasteiger partial charge in [-0.3, -0.25) is 19.4 Å². The highest BCUT2D eigenvalue weighted by Crippen LogP contribution is 2.48. The summed E-state index contributed by atoms with van der Waals surface area (Å²) in [4.78, 5) is 44.9. The Hall–Kier alpha value is -2.89. The largest absolute Gasteiger partial charge is 0.481 e. The van der Waals surface area contributed by atoms with Crippen molar-refractivity contribution in [1.29, 1.82) is 0 Å². The number of carboxylic acid groups (broad SMARTS) is 1. The zero-order valence-electron chi connectivity index (χ0n) is 38.8. The van der Waals surface area contributed by atoms with Crippen LogP contribution >= 0.6 is 23.2 Å². The van der Waals surface area contributed by atoms with E-state index >= 15 is 0 Å². The highest BCUT2D eigenvalue weighted by molar-refractivity contribution is 6.32. The van der Waals surface area contributed by atoms with Crippen LogP contribution in [0.15, 0.2) is 36.4 Å². The number of halogens is 2. The van der Waals surface area contributed by atoms with Crippen LogP contribution in [0.3, 0.4) is 0 Å². The molecule has 4 fully saturated rings. The van der Waals surface area contributed by atoms with Crippen LogP contribution in [0.25, 0.3) is 0 Å². The van der Waals surface area contributed by atoms with Crippen LogP contribution < -0.4 is 5.32 Å². The van der Waals surface area contributed by atoms with Crippen molar-refractivity contribution < 1.29 is 29.0 Å². The zero-order valence-corrected chi connectivity index (χ0v) is 40.3. The van der Waals surface area contributed by atoms with Gasteiger partial charge in [0.15, 0.2) is 0 Å². The Morgan fingerprint density at radius 2 is 1.08 bits per heavy atom. The fourth-order valence-corrected chi connectivity index (χ4v) is 10.8. The number of esters is 1. The lowest BCUT2D eigenvalue weighted by Crippen LogP contribution is -2.53. The molecule has 4 aliphatic rings. The predicted molar refractivity (Wildman–Crippen MR) is 246 cm³/mol. The van der Waals surface area contributed by atoms with Crippen molar-refractivity contribution >= 4 is 41.2 Å². The smallest absolute Gasteiger partial charge is 0.410 e. The van der Waals surface area contributed by atoms with Crippen molar-refractivity contribution in [3.05, 3.63) is 68.7 Å². The summed E-state index contributed by atoms with van der Waals surface area (Å²) in [7, 11) is 4.28. The summed E-state index contributed by atoms with van der Waals surface area (Å²) in [5.74, 6) is -0.892. The second kappa shape index (κ2) is 19.5. The minimum absolute atomic E-state index is 0.0904. The van der Waals surface area contributed by atoms with Gasteiger partial charge in [0.1, 0.15) is 11.2 Å². The maximum atomic E-state index is 13.6. The Balaban J connectivity index is 0.000000246. The SMILES string of the molecule is CN(Cc1cccc(Cl)c1C1(C(=O)O)CCCC1)C1(C)CCNCC1.CN(Cc1cccc(Cl)c1C1(C(=O)OC(C)(C)C)CCCC1)C1(C)CCN(C(=O)OC(C)(C)C)CC1. The van der Waals surface area contributed by atoms with Gasteiger partial charge in [-0.25, -0.2) is 4.79 Å². The molecule has 0 radical (unpaired) electrons. The molecule has 10 nitrogen and oxygen atoms in total. The summed E-state index contributed by atoms with van der Waals surface area (Å²) in [6, 6.07) is 11.8. The van der Waals surface area contributed by atoms with Crippen LogP contribution in [0, 0.1) is 0 Å². The topological polar surface area (TPSA) is 112 Å². The maximum absolute atomic E-state index is 13.6. The molecule has 2 aliphatic carbocycles. The van der Waals surface area contributed by atoms with Gasteiger partial charge >= 0.3 is 18.0 Å². The first-order valence-electron chi connectivity index (χ1n) is 22.6. The molecule has 6 rings (SSSR count). The molecule has 0 atom stereocenters. The molecule has 2 aliphatic heterocycles. The second-order valence-electron chi connectivity index (χ2n) is 20.9. The van der Waals surface area contributed by atoms with Gasteiger partial charge in [-0.15, -0.1) is 0 Å². The molecule has 2 saturated heterocycles. The van der Waals surface area contributed by atoms with Crippen molar-refractivity contribution in [2.75, 3.05) is 40.3 Å². The number of carboxylic acids is 1. The van der Waals surface area contributed by atoms with Crippen LogP contribution in [-0.2, 0) is 43.0 Å². The van der Waals surface area contributed by atoms with Gasteiger partial charge in [0.2, 0.25) is 0 Å². The molecular weight excluding hydrogens is 811 g/mol. The summed E-state index contributed by atoms with van der Waals surface area (Å²) in [5.41, 5.74) is 1.40. The number of carbonyl (C=O) groups excluding carboxylic acids is 2. The standard InChI is InChI=1S/C29H45ClN2O4.C20H29ClN2O2/c1-26(2,3)35-24(33)29(14-9-10-15-29)23-21(12-11-13-22(23)30)20-31(8)28(7)16-18-32(19-17-28)25(34)36-27(4,5)6;1-19(10-12-22-13-11-19)23(2)14-15-6-5-7-16(21)17(15)20(18(24)25)8-3-4-9-20/h11-13H,9-10,14-20H2,1-8H3;5-7,22H,3-4,8-14H2,1-2H3,(H,24,25). The molecule has 61 heavy (non-hydrogen) atoms. The molecule has 0 bridgehead atoms. The number of carbonyl (C=O) groups is 3. The van der Waals surface area contributed by atoms with Gasteiger partial charge < -0.3 is 24.8 Å². The number of ether oxygens (including phenoxy) is 2. The van der Waals surface area contributed by atoms with Crippen LogP contribution in [0.4, 0.5) is 4.79 Å². The van der Waals surface area contributed by atoms with Crippen molar-refractivity contribution in [2.24, 2.45) is 0 Å². The van der Waals surface area contributed by atoms with Gasteiger partial charge in [0.05, 0.1) is 10.8 Å². The molecule has 2 aromatic carbocycles. The highest BCUT2D eigenvalue weighted by Gasteiger charge is 2.49. The monoisotopic (exact) mass is 884 g/mol. The molecular formula is C49H74Cl2N4O6. The molecule has 0 spiro atoms.